The molecular formula is C21H25N3O3S. The Morgan fingerprint density at radius 3 is 2.14 bits per heavy atom. The molecule has 28 heavy (non-hydrogen) atoms. The SMILES string of the molecule is O=C(Nc1ccc(N2CCCCC2)cc1)c1ccc(S(=O)(=O)NC2CC2)cc1. The van der Waals surface area contributed by atoms with Gasteiger partial charge in [0.2, 0.25) is 10.0 Å². The van der Waals surface area contributed by atoms with Crippen molar-refractivity contribution in [2.24, 2.45) is 0 Å². The van der Waals surface area contributed by atoms with Gasteiger partial charge >= 0.3 is 0 Å². The Morgan fingerprint density at radius 1 is 0.893 bits per heavy atom. The van der Waals surface area contributed by atoms with Crippen LogP contribution in [-0.2, 0) is 10.0 Å². The van der Waals surface area contributed by atoms with E-state index < -0.39 is 10.0 Å². The van der Waals surface area contributed by atoms with E-state index in [1.54, 1.807) is 12.1 Å². The molecule has 0 spiro atoms. The van der Waals surface area contributed by atoms with Gasteiger partial charge in [-0.1, -0.05) is 0 Å². The molecule has 148 valence electrons. The molecule has 1 saturated heterocycles. The number of piperidine rings is 1. The molecule has 4 rings (SSSR count). The number of hydrogen-bond acceptors (Lipinski definition) is 4. The van der Waals surface area contributed by atoms with Crippen LogP contribution >= 0.6 is 0 Å². The Hall–Kier alpha value is -2.38. The fraction of sp³-hybridized carbons (Fsp3) is 0.381. The molecule has 1 aliphatic carbocycles. The molecule has 1 saturated carbocycles. The molecule has 0 unspecified atom stereocenters. The van der Waals surface area contributed by atoms with Crippen molar-refractivity contribution >= 4 is 27.3 Å². The zero-order valence-corrected chi connectivity index (χ0v) is 16.5. The van der Waals surface area contributed by atoms with E-state index in [0.29, 0.717) is 5.56 Å². The minimum absolute atomic E-state index is 0.0564. The van der Waals surface area contributed by atoms with Crippen LogP contribution in [0.3, 0.4) is 0 Å². The van der Waals surface area contributed by atoms with E-state index in [1.807, 2.05) is 24.3 Å². The Labute approximate surface area is 166 Å². The number of nitrogens with one attached hydrogen (secondary N) is 2. The fourth-order valence-corrected chi connectivity index (χ4v) is 4.69. The molecule has 0 radical (unpaired) electrons. The predicted molar refractivity (Wildman–Crippen MR) is 110 cm³/mol. The van der Waals surface area contributed by atoms with E-state index in [4.69, 9.17) is 0 Å². The molecule has 7 heteroatoms. The molecular weight excluding hydrogens is 374 g/mol. The Kier molecular flexibility index (Phi) is 5.37. The number of amides is 1. The maximum atomic E-state index is 12.5. The summed E-state index contributed by atoms with van der Waals surface area (Å²) >= 11 is 0. The maximum Gasteiger partial charge on any atom is 0.255 e. The molecule has 0 atom stereocenters. The molecule has 2 N–H and O–H groups in total. The van der Waals surface area contributed by atoms with Crippen LogP contribution in [0.1, 0.15) is 42.5 Å². The molecule has 2 aromatic rings. The van der Waals surface area contributed by atoms with Crippen molar-refractivity contribution in [3.05, 3.63) is 54.1 Å². The lowest BCUT2D eigenvalue weighted by atomic mass is 10.1. The van der Waals surface area contributed by atoms with Crippen molar-refractivity contribution in [1.82, 2.24) is 4.72 Å². The van der Waals surface area contributed by atoms with E-state index in [9.17, 15) is 13.2 Å². The van der Waals surface area contributed by atoms with Crippen LogP contribution in [0.5, 0.6) is 0 Å². The van der Waals surface area contributed by atoms with Crippen molar-refractivity contribution in [1.29, 1.82) is 0 Å². The summed E-state index contributed by atoms with van der Waals surface area (Å²) in [6.45, 7) is 2.16. The van der Waals surface area contributed by atoms with Gasteiger partial charge in [-0.15, -0.1) is 0 Å². The first-order chi connectivity index (χ1) is 13.5. The van der Waals surface area contributed by atoms with Crippen molar-refractivity contribution in [2.45, 2.75) is 43.0 Å². The van der Waals surface area contributed by atoms with Crippen LogP contribution < -0.4 is 14.9 Å². The van der Waals surface area contributed by atoms with Gasteiger partial charge in [-0.05, 0) is 80.6 Å². The van der Waals surface area contributed by atoms with Gasteiger partial charge in [-0.2, -0.15) is 0 Å². The number of rotatable bonds is 6. The highest BCUT2D eigenvalue weighted by molar-refractivity contribution is 7.89. The van der Waals surface area contributed by atoms with Gasteiger partial charge in [-0.3, -0.25) is 4.79 Å². The van der Waals surface area contributed by atoms with E-state index in [-0.39, 0.29) is 16.8 Å². The van der Waals surface area contributed by atoms with Gasteiger partial charge in [0.15, 0.2) is 0 Å². The highest BCUT2D eigenvalue weighted by Gasteiger charge is 2.28. The normalized spacial score (nSPS) is 17.4. The molecule has 0 bridgehead atoms. The van der Waals surface area contributed by atoms with Crippen LogP contribution in [0.15, 0.2) is 53.4 Å². The van der Waals surface area contributed by atoms with Crippen molar-refractivity contribution < 1.29 is 13.2 Å². The summed E-state index contributed by atoms with van der Waals surface area (Å²) in [5.74, 6) is -0.259. The fourth-order valence-electron chi connectivity index (χ4n) is 3.39. The number of hydrogen-bond donors (Lipinski definition) is 2. The van der Waals surface area contributed by atoms with E-state index in [1.165, 1.54) is 37.1 Å². The number of carbonyl (C=O) groups excluding carboxylic acids is 1. The zero-order chi connectivity index (χ0) is 19.6. The van der Waals surface area contributed by atoms with Crippen molar-refractivity contribution in [2.75, 3.05) is 23.3 Å². The number of anilines is 2. The average Bonchev–Trinajstić information content (AvgIpc) is 3.53. The Balaban J connectivity index is 1.39. The molecule has 2 aliphatic rings. The van der Waals surface area contributed by atoms with Gasteiger partial charge < -0.3 is 10.2 Å². The molecule has 1 amide bonds. The quantitative estimate of drug-likeness (QED) is 0.781. The van der Waals surface area contributed by atoms with Crippen LogP contribution in [0.25, 0.3) is 0 Å². The first-order valence-electron chi connectivity index (χ1n) is 9.80. The molecule has 6 nitrogen and oxygen atoms in total. The first-order valence-corrected chi connectivity index (χ1v) is 11.3. The number of nitrogens with zero attached hydrogens (tertiary/aromatic N) is 1. The second-order valence-corrected chi connectivity index (χ2v) is 9.18. The topological polar surface area (TPSA) is 78.5 Å². The minimum atomic E-state index is -3.50. The summed E-state index contributed by atoms with van der Waals surface area (Å²) in [5, 5.41) is 2.87. The Bertz CT molecular complexity index is 930. The van der Waals surface area contributed by atoms with Crippen molar-refractivity contribution in [3.63, 3.8) is 0 Å². The van der Waals surface area contributed by atoms with Gasteiger partial charge in [0.05, 0.1) is 4.90 Å². The maximum absolute atomic E-state index is 12.5. The molecule has 1 heterocycles. The third-order valence-corrected chi connectivity index (χ3v) is 6.71. The summed E-state index contributed by atoms with van der Waals surface area (Å²) in [5.41, 5.74) is 2.32. The smallest absolute Gasteiger partial charge is 0.255 e. The second-order valence-electron chi connectivity index (χ2n) is 7.47. The van der Waals surface area contributed by atoms with Crippen LogP contribution in [-0.4, -0.2) is 33.5 Å². The third-order valence-electron chi connectivity index (χ3n) is 5.17. The van der Waals surface area contributed by atoms with Crippen LogP contribution in [0.2, 0.25) is 0 Å². The summed E-state index contributed by atoms with van der Waals surface area (Å²) in [4.78, 5) is 15.0. The highest BCUT2D eigenvalue weighted by atomic mass is 32.2. The summed E-state index contributed by atoms with van der Waals surface area (Å²) < 4.78 is 27.0. The molecule has 2 fully saturated rings. The summed E-state index contributed by atoms with van der Waals surface area (Å²) in [6, 6.07) is 13.9. The van der Waals surface area contributed by atoms with Crippen molar-refractivity contribution in [3.8, 4) is 0 Å². The summed E-state index contributed by atoms with van der Waals surface area (Å²) in [6.07, 6.45) is 5.51. The van der Waals surface area contributed by atoms with Crippen LogP contribution in [0.4, 0.5) is 11.4 Å². The molecule has 1 aliphatic heterocycles. The average molecular weight is 400 g/mol. The first kappa shape index (κ1) is 19.0. The lowest BCUT2D eigenvalue weighted by Crippen LogP contribution is -2.29. The highest BCUT2D eigenvalue weighted by Crippen LogP contribution is 2.23. The third kappa shape index (κ3) is 4.54. The minimum Gasteiger partial charge on any atom is -0.372 e. The van der Waals surface area contributed by atoms with E-state index in [0.717, 1.165) is 31.6 Å². The molecule has 0 aromatic heterocycles. The number of benzene rings is 2. The zero-order valence-electron chi connectivity index (χ0n) is 15.7. The standard InChI is InChI=1S/C21H25N3O3S/c25-21(16-4-12-20(13-5-16)28(26,27)23-18-6-7-18)22-17-8-10-19(11-9-17)24-14-2-1-3-15-24/h4-5,8-13,18,23H,1-3,6-7,14-15H2,(H,22,25). The summed E-state index contributed by atoms with van der Waals surface area (Å²) in [7, 11) is -3.50. The number of carbonyl (C=O) groups is 1. The van der Waals surface area contributed by atoms with E-state index in [2.05, 4.69) is 14.9 Å². The van der Waals surface area contributed by atoms with E-state index >= 15 is 0 Å². The Morgan fingerprint density at radius 2 is 1.54 bits per heavy atom. The lowest BCUT2D eigenvalue weighted by molar-refractivity contribution is 0.102. The van der Waals surface area contributed by atoms with Gasteiger partial charge in [0.1, 0.15) is 0 Å². The number of sulfonamides is 1. The second kappa shape index (κ2) is 7.93. The molecule has 2 aromatic carbocycles. The van der Waals surface area contributed by atoms with Gasteiger partial charge in [-0.25, -0.2) is 13.1 Å². The largest absolute Gasteiger partial charge is 0.372 e. The predicted octanol–water partition coefficient (Wildman–Crippen LogP) is 3.37. The van der Waals surface area contributed by atoms with Gasteiger partial charge in [0.25, 0.3) is 5.91 Å². The van der Waals surface area contributed by atoms with Gasteiger partial charge in [0, 0.05) is 36.1 Å². The monoisotopic (exact) mass is 399 g/mol. The van der Waals surface area contributed by atoms with Crippen LogP contribution in [0, 0.1) is 0 Å². The lowest BCUT2D eigenvalue weighted by Gasteiger charge is -2.28.